The number of fused-ring (bicyclic) bond motifs is 4. The lowest BCUT2D eigenvalue weighted by Crippen LogP contribution is -2.62. The zero-order valence-corrected chi connectivity index (χ0v) is 75.8. The molecule has 4 aliphatic rings. The van der Waals surface area contributed by atoms with Gasteiger partial charge in [-0.1, -0.05) is 88.1 Å². The number of primary amides is 3. The number of aliphatic imine (C=N–C) groups is 1. The zero-order chi connectivity index (χ0) is 97.7. The van der Waals surface area contributed by atoms with Gasteiger partial charge in [-0.2, -0.15) is 0 Å². The van der Waals surface area contributed by atoms with Crippen LogP contribution >= 0.6 is 0 Å². The fraction of sp³-hybridized carbons (Fsp3) is 0.522. The van der Waals surface area contributed by atoms with Gasteiger partial charge in [-0.3, -0.25) is 91.3 Å². The number of aromatic amines is 2. The van der Waals surface area contributed by atoms with Crippen molar-refractivity contribution in [3.8, 4) is 5.75 Å². The Kier molecular flexibility index (Phi) is 38.5. The number of hydrogen-bond donors (Lipinski definition) is 20. The lowest BCUT2D eigenvalue weighted by Gasteiger charge is -2.36. The molecule has 0 aliphatic carbocycles. The van der Waals surface area contributed by atoms with Crippen molar-refractivity contribution in [2.24, 2.45) is 22.2 Å². The highest BCUT2D eigenvalue weighted by Gasteiger charge is 2.47. The normalized spacial score (nSPS) is 25.5. The number of H-pyrrole nitrogens is 2. The number of carbonyl (C=O) groups excluding carboxylic acids is 18. The van der Waals surface area contributed by atoms with E-state index in [-0.39, 0.29) is 89.5 Å². The average Bonchev–Trinajstić information content (AvgIpc) is 1.74. The number of amides is 18. The number of para-hydroxylation sites is 2. The van der Waals surface area contributed by atoms with Crippen molar-refractivity contribution < 1.29 is 107 Å². The van der Waals surface area contributed by atoms with E-state index < -0.39 is 256 Å². The van der Waals surface area contributed by atoms with E-state index in [4.69, 9.17) is 17.2 Å². The average molecular weight is 1870 g/mol. The topological polar surface area (TPSA) is 659 Å². The maximum atomic E-state index is 15.6. The van der Waals surface area contributed by atoms with Crippen molar-refractivity contribution in [1.82, 2.24) is 93.0 Å². The number of aliphatic hydroxyl groups is 3. The Bertz CT molecular complexity index is 5150. The molecule has 0 bridgehead atoms. The van der Waals surface area contributed by atoms with Crippen molar-refractivity contribution in [3.05, 3.63) is 114 Å². The molecule has 6 heterocycles. The first-order valence-corrected chi connectivity index (χ1v) is 44.9. The number of likely N-dealkylation sites (N-methyl/N-ethyl adjacent to an activating group) is 3. The highest BCUT2D eigenvalue weighted by Crippen LogP contribution is 2.28. The minimum absolute atomic E-state index is 0.0161. The lowest BCUT2D eigenvalue weighted by molar-refractivity contribution is -0.149. The van der Waals surface area contributed by atoms with Crippen LogP contribution in [0.15, 0.2) is 102 Å². The number of phenols is 1. The van der Waals surface area contributed by atoms with E-state index in [1.807, 2.05) is 13.8 Å². The highest BCUT2D eigenvalue weighted by molar-refractivity contribution is 6.03. The first kappa shape index (κ1) is 104. The molecule has 9 rings (SSSR count). The van der Waals surface area contributed by atoms with Gasteiger partial charge >= 0.3 is 0 Å². The molecule has 3 aromatic carbocycles. The maximum Gasteiger partial charge on any atom is 0.246 e. The third kappa shape index (κ3) is 28.4. The summed E-state index contributed by atoms with van der Waals surface area (Å²) in [6.07, 6.45) is 2.74. The van der Waals surface area contributed by atoms with E-state index in [1.54, 1.807) is 60.9 Å². The van der Waals surface area contributed by atoms with E-state index in [1.165, 1.54) is 64.7 Å². The number of aromatic nitrogens is 2. The van der Waals surface area contributed by atoms with E-state index >= 15 is 33.6 Å². The van der Waals surface area contributed by atoms with Crippen LogP contribution in [0.4, 0.5) is 0 Å². The van der Waals surface area contributed by atoms with Gasteiger partial charge < -0.3 is 131 Å². The van der Waals surface area contributed by atoms with Gasteiger partial charge in [-0.15, -0.1) is 0 Å². The molecule has 0 saturated carbocycles. The van der Waals surface area contributed by atoms with Gasteiger partial charge in [0.15, 0.2) is 0 Å². The Hall–Kier alpha value is -13.8. The molecule has 18 amide bonds. The van der Waals surface area contributed by atoms with E-state index in [0.29, 0.717) is 69.8 Å². The van der Waals surface area contributed by atoms with Crippen molar-refractivity contribution in [3.63, 3.8) is 0 Å². The molecular formula is C90H124N22O22. The summed E-state index contributed by atoms with van der Waals surface area (Å²) in [4.78, 5) is 276. The van der Waals surface area contributed by atoms with Gasteiger partial charge in [0.2, 0.25) is 106 Å². The third-order valence-electron chi connectivity index (χ3n) is 24.3. The SMILES string of the molecule is CCCC[C@H]1C(=O)N(C)[C@@H](CCCC)C(=O)N[C@@H](CO)C(=O)N[C@H](C(=O)NCC(N)=O)CCCNCC(=O)N[C@@H](Cc2ccc(O)cc2)C(=O)N(C)[C@@H](C)C(=O)N[C@@H](CC(N)=O)C(=O)N2CCC[C@H]2C(=O)N[C@@H](CC2=CN=CC2)C(=O)N[C@@H](CCC(N)=O)C(=O)N2C[C@H](O)C[C@H]2C(=O)N[C@@H](Cc2c[nH]c3ccccc23)C(=O)N[C@@H](CO)C(=O)N[C@@H](Cc2c[nH]c3ccccc23)C(=O)N1C. The first-order chi connectivity index (χ1) is 63.9. The number of hydrogen-bond acceptors (Lipinski definition) is 24. The van der Waals surface area contributed by atoms with Crippen LogP contribution in [0.5, 0.6) is 5.75 Å². The minimum Gasteiger partial charge on any atom is -0.508 e. The van der Waals surface area contributed by atoms with Crippen LogP contribution in [0, 0.1) is 0 Å². The molecular weight excluding hydrogens is 1740 g/mol. The number of nitrogens with one attached hydrogen (secondary N) is 13. The molecule has 23 N–H and O–H groups in total. The predicted octanol–water partition coefficient (Wildman–Crippen LogP) is -4.56. The van der Waals surface area contributed by atoms with Crippen LogP contribution in [-0.2, 0) is 106 Å². The quantitative estimate of drug-likeness (QED) is 0.0277. The Morgan fingerprint density at radius 3 is 1.62 bits per heavy atom. The van der Waals surface area contributed by atoms with Crippen LogP contribution in [0.2, 0.25) is 0 Å². The number of nitrogens with two attached hydrogens (primary N) is 3. The van der Waals surface area contributed by atoms with E-state index in [9.17, 15) is 73.2 Å². The van der Waals surface area contributed by atoms with Crippen LogP contribution in [0.25, 0.3) is 21.8 Å². The smallest absolute Gasteiger partial charge is 0.246 e. The van der Waals surface area contributed by atoms with Gasteiger partial charge in [0, 0.05) is 119 Å². The molecule has 0 spiro atoms. The van der Waals surface area contributed by atoms with Crippen LogP contribution < -0.4 is 75.7 Å². The van der Waals surface area contributed by atoms with E-state index in [2.05, 4.69) is 73.4 Å². The Morgan fingerprint density at radius 1 is 0.507 bits per heavy atom. The number of aliphatic hydroxyl groups excluding tert-OH is 3. The summed E-state index contributed by atoms with van der Waals surface area (Å²) >= 11 is 0. The largest absolute Gasteiger partial charge is 0.508 e. The number of carbonyl (C=O) groups is 18. The van der Waals surface area contributed by atoms with Crippen molar-refractivity contribution in [1.29, 1.82) is 0 Å². The van der Waals surface area contributed by atoms with Gasteiger partial charge in [-0.05, 0) is 111 Å². The zero-order valence-electron chi connectivity index (χ0n) is 75.8. The second-order valence-electron chi connectivity index (χ2n) is 34.1. The molecule has 3 fully saturated rings. The van der Waals surface area contributed by atoms with Crippen molar-refractivity contribution in [2.75, 3.05) is 67.1 Å². The van der Waals surface area contributed by atoms with Crippen molar-refractivity contribution in [2.45, 2.75) is 233 Å². The molecule has 4 aliphatic heterocycles. The van der Waals surface area contributed by atoms with Crippen LogP contribution in [0.1, 0.15) is 140 Å². The number of unbranched alkanes of at least 4 members (excludes halogenated alkanes) is 2. The number of aromatic hydroxyl groups is 1. The Morgan fingerprint density at radius 2 is 1.03 bits per heavy atom. The molecule has 0 radical (unpaired) electrons. The second kappa shape index (κ2) is 49.7. The fourth-order valence-electron chi connectivity index (χ4n) is 16.7. The van der Waals surface area contributed by atoms with Crippen molar-refractivity contribution >= 4 is 134 Å². The first-order valence-electron chi connectivity index (χ1n) is 44.9. The van der Waals surface area contributed by atoms with Gasteiger partial charge in [-0.25, -0.2) is 0 Å². The summed E-state index contributed by atoms with van der Waals surface area (Å²) in [5.41, 5.74) is 19.8. The van der Waals surface area contributed by atoms with Gasteiger partial charge in [0.25, 0.3) is 0 Å². The fourth-order valence-corrected chi connectivity index (χ4v) is 16.7. The molecule has 134 heavy (non-hydrogen) atoms. The predicted molar refractivity (Wildman–Crippen MR) is 485 cm³/mol. The molecule has 726 valence electrons. The molecule has 0 unspecified atom stereocenters. The molecule has 2 aromatic heterocycles. The highest BCUT2D eigenvalue weighted by atomic mass is 16.3. The summed E-state index contributed by atoms with van der Waals surface area (Å²) in [7, 11) is 3.85. The molecule has 15 atom stereocenters. The summed E-state index contributed by atoms with van der Waals surface area (Å²) in [5, 5.41) is 73.4. The summed E-state index contributed by atoms with van der Waals surface area (Å²) in [5.74, 6) is -17.7. The number of rotatable bonds is 24. The van der Waals surface area contributed by atoms with E-state index in [0.717, 1.165) is 24.5 Å². The van der Waals surface area contributed by atoms with Crippen LogP contribution in [-0.4, -0.2) is 325 Å². The van der Waals surface area contributed by atoms with Crippen LogP contribution in [0.3, 0.4) is 0 Å². The standard InChI is InChI=1S/C90H124N22O22/c1-7-9-22-69-83(127)107-68(48-114)81(125)100-60(78(122)98-44-75(93)119)21-15-32-94-45-76(120)99-64(35-50-25-27-54(115)28-26-50)86(130)108(4)49(3)77(121)104-66(40-74(92)118)89(133)111-34-16-24-70(111)84(128)102-62(36-51-31-33-95-41-51)79(123)101-61(29-30-73(91)117)88(132)112-46-55(116)39-72(112)85(129)103-63(37-52-42-96-58-19-13-11-17-56(52)58)80(124)106-67(47-113)82(126)105-65(38-53-43-97-59-20-14-12-18-57(53)59)87(131)110(6)71(23-10-8-2)90(134)109(69)5/h11-14,17-20,25-28,33,41-43,49,55,60-72,94,96-97,113-116H,7-10,15-16,21-24,29-32,34-40,44-48H2,1-6H3,(H2,91,117)(H2,92,118)(H2,93,119)(H,98,122)(H,99,120)(H,100,125)(H,101,123)(H,102,128)(H,103,129)(H,104,121)(H,105,126)(H,106,124)(H,107,127)/t49-,55+,60-,61-,62-,63-,64-,65-,66-,67-,68-,69-,70-,71-,72-/m0/s1. The number of nitrogens with zero attached hydrogens (tertiary/aromatic N) is 6. The minimum atomic E-state index is -1.92. The third-order valence-corrected chi connectivity index (χ3v) is 24.3. The summed E-state index contributed by atoms with van der Waals surface area (Å²) in [6.45, 7) is 0.743. The number of benzene rings is 3. The monoisotopic (exact) mass is 1860 g/mol. The van der Waals surface area contributed by atoms with Gasteiger partial charge in [0.1, 0.15) is 90.3 Å². The second-order valence-corrected chi connectivity index (χ2v) is 34.1. The molecule has 5 aromatic rings. The summed E-state index contributed by atoms with van der Waals surface area (Å²) < 4.78 is 0. The molecule has 44 heteroatoms. The Balaban J connectivity index is 1.07. The Labute approximate surface area is 772 Å². The van der Waals surface area contributed by atoms with Gasteiger partial charge in [0.05, 0.1) is 38.8 Å². The number of phenolic OH excluding ortho intramolecular Hbond substituents is 1. The molecule has 44 nitrogen and oxygen atoms in total. The summed E-state index contributed by atoms with van der Waals surface area (Å²) in [6, 6.07) is -3.01. The molecule has 3 saturated heterocycles. The lowest BCUT2D eigenvalue weighted by atomic mass is 10.00. The maximum absolute atomic E-state index is 15.6.